The number of sulfonamides is 1. The quantitative estimate of drug-likeness (QED) is 0.849. The summed E-state index contributed by atoms with van der Waals surface area (Å²) in [4.78, 5) is -0.579. The molecule has 1 aromatic carbocycles. The predicted octanol–water partition coefficient (Wildman–Crippen LogP) is 2.65. The Bertz CT molecular complexity index is 595. The van der Waals surface area contributed by atoms with Crippen molar-refractivity contribution in [3.63, 3.8) is 0 Å². The molecule has 8 heteroatoms. The first-order valence-electron chi connectivity index (χ1n) is 6.65. The molecule has 1 fully saturated rings. The van der Waals surface area contributed by atoms with Crippen molar-refractivity contribution in [2.45, 2.75) is 36.6 Å². The highest BCUT2D eigenvalue weighted by molar-refractivity contribution is 9.10. The van der Waals surface area contributed by atoms with Crippen LogP contribution >= 0.6 is 15.9 Å². The molecule has 0 radical (unpaired) electrons. The third-order valence-electron chi connectivity index (χ3n) is 3.58. The normalized spacial score (nSPS) is 16.8. The van der Waals surface area contributed by atoms with E-state index in [1.165, 1.54) is 0 Å². The summed E-state index contributed by atoms with van der Waals surface area (Å²) in [5.74, 6) is -1.99. The van der Waals surface area contributed by atoms with Gasteiger partial charge in [-0.15, -0.1) is 0 Å². The molecule has 0 bridgehead atoms. The van der Waals surface area contributed by atoms with Crippen LogP contribution in [0.2, 0.25) is 0 Å². The molecule has 1 saturated carbocycles. The van der Waals surface area contributed by atoms with Gasteiger partial charge in [-0.1, -0.05) is 12.8 Å². The summed E-state index contributed by atoms with van der Waals surface area (Å²) in [7, 11) is -4.14. The first-order chi connectivity index (χ1) is 9.87. The van der Waals surface area contributed by atoms with Crippen molar-refractivity contribution in [1.29, 1.82) is 0 Å². The number of nitrogens with zero attached hydrogens (tertiary/aromatic N) is 1. The molecule has 1 aliphatic carbocycles. The van der Waals surface area contributed by atoms with E-state index in [1.807, 2.05) is 0 Å². The Balaban J connectivity index is 2.48. The van der Waals surface area contributed by atoms with E-state index in [9.17, 15) is 17.2 Å². The van der Waals surface area contributed by atoms with Crippen molar-refractivity contribution in [3.8, 4) is 0 Å². The van der Waals surface area contributed by atoms with Crippen molar-refractivity contribution in [3.05, 3.63) is 28.2 Å². The molecule has 1 aromatic rings. The lowest BCUT2D eigenvalue weighted by molar-refractivity contribution is 0.226. The zero-order valence-electron chi connectivity index (χ0n) is 11.2. The van der Waals surface area contributed by atoms with Gasteiger partial charge < -0.3 is 5.11 Å². The number of rotatable bonds is 5. The smallest absolute Gasteiger partial charge is 0.247 e. The van der Waals surface area contributed by atoms with Gasteiger partial charge in [0.2, 0.25) is 10.0 Å². The summed E-state index contributed by atoms with van der Waals surface area (Å²) >= 11 is 2.91. The molecule has 0 saturated heterocycles. The van der Waals surface area contributed by atoms with Crippen LogP contribution in [0.4, 0.5) is 8.78 Å². The summed E-state index contributed by atoms with van der Waals surface area (Å²) in [6, 6.07) is 1.21. The van der Waals surface area contributed by atoms with Crippen LogP contribution in [0.1, 0.15) is 25.7 Å². The second kappa shape index (κ2) is 6.68. The van der Waals surface area contributed by atoms with Crippen molar-refractivity contribution >= 4 is 26.0 Å². The van der Waals surface area contributed by atoms with Crippen LogP contribution in [0.15, 0.2) is 21.5 Å². The van der Waals surface area contributed by atoms with Crippen molar-refractivity contribution in [1.82, 2.24) is 4.31 Å². The third-order valence-corrected chi connectivity index (χ3v) is 6.50. The molecular formula is C13H16BrF2NO3S. The lowest BCUT2D eigenvalue weighted by Gasteiger charge is -2.28. The molecule has 0 aliphatic heterocycles. The van der Waals surface area contributed by atoms with Crippen LogP contribution in [-0.4, -0.2) is 37.0 Å². The van der Waals surface area contributed by atoms with E-state index in [4.69, 9.17) is 5.11 Å². The van der Waals surface area contributed by atoms with E-state index in [0.717, 1.165) is 23.2 Å². The predicted molar refractivity (Wildman–Crippen MR) is 77.3 cm³/mol. The summed E-state index contributed by atoms with van der Waals surface area (Å²) < 4.78 is 53.4. The first-order valence-corrected chi connectivity index (χ1v) is 8.88. The molecule has 1 aliphatic rings. The van der Waals surface area contributed by atoms with Gasteiger partial charge in [-0.25, -0.2) is 17.2 Å². The standard InChI is InChI=1S/C13H16BrF2NO3S/c14-11-7-9(15)8-12(16)13(11)21(19,20)17(5-6-18)10-3-1-2-4-10/h7-8,10,18H,1-6H2. The minimum Gasteiger partial charge on any atom is -0.395 e. The maximum atomic E-state index is 14.0. The van der Waals surface area contributed by atoms with E-state index in [0.29, 0.717) is 18.9 Å². The molecule has 0 heterocycles. The molecule has 1 N–H and O–H groups in total. The molecule has 0 amide bonds. The topological polar surface area (TPSA) is 57.6 Å². The highest BCUT2D eigenvalue weighted by Gasteiger charge is 2.36. The number of benzene rings is 1. The van der Waals surface area contributed by atoms with E-state index >= 15 is 0 Å². The van der Waals surface area contributed by atoms with E-state index in [1.54, 1.807) is 0 Å². The van der Waals surface area contributed by atoms with E-state index < -0.39 is 26.6 Å². The zero-order chi connectivity index (χ0) is 15.6. The Morgan fingerprint density at radius 3 is 2.43 bits per heavy atom. The van der Waals surface area contributed by atoms with Crippen LogP contribution in [0.5, 0.6) is 0 Å². The molecule has 4 nitrogen and oxygen atoms in total. The van der Waals surface area contributed by atoms with Gasteiger partial charge in [0, 0.05) is 23.1 Å². The maximum Gasteiger partial charge on any atom is 0.247 e. The average Bonchev–Trinajstić information content (AvgIpc) is 2.87. The Kier molecular flexibility index (Phi) is 5.34. The molecule has 0 atom stereocenters. The molecular weight excluding hydrogens is 368 g/mol. The fourth-order valence-electron chi connectivity index (χ4n) is 2.68. The Hall–Kier alpha value is -0.570. The summed E-state index contributed by atoms with van der Waals surface area (Å²) in [5.41, 5.74) is 0. The highest BCUT2D eigenvalue weighted by Crippen LogP contribution is 2.33. The fraction of sp³-hybridized carbons (Fsp3) is 0.538. The van der Waals surface area contributed by atoms with Crippen LogP contribution < -0.4 is 0 Å². The Morgan fingerprint density at radius 1 is 1.29 bits per heavy atom. The van der Waals surface area contributed by atoms with Gasteiger partial charge in [0.15, 0.2) is 0 Å². The Morgan fingerprint density at radius 2 is 1.90 bits per heavy atom. The lowest BCUT2D eigenvalue weighted by Crippen LogP contribution is -2.41. The minimum absolute atomic E-state index is 0.101. The van der Waals surface area contributed by atoms with E-state index in [2.05, 4.69) is 15.9 Å². The van der Waals surface area contributed by atoms with Crippen molar-refractivity contribution in [2.24, 2.45) is 0 Å². The van der Waals surface area contributed by atoms with E-state index in [-0.39, 0.29) is 23.7 Å². The average molecular weight is 384 g/mol. The summed E-state index contributed by atoms with van der Waals surface area (Å²) in [6.07, 6.45) is 3.16. The van der Waals surface area contributed by atoms with Gasteiger partial charge in [0.05, 0.1) is 6.61 Å². The SMILES string of the molecule is O=S(=O)(c1c(F)cc(F)cc1Br)N(CCO)C1CCCC1. The number of aliphatic hydroxyl groups excluding tert-OH is 1. The minimum atomic E-state index is -4.14. The van der Waals surface area contributed by atoms with Crippen LogP contribution in [0.25, 0.3) is 0 Å². The second-order valence-corrected chi connectivity index (χ2v) is 7.66. The summed E-state index contributed by atoms with van der Waals surface area (Å²) in [5, 5.41) is 9.12. The van der Waals surface area contributed by atoms with Gasteiger partial charge in [-0.2, -0.15) is 4.31 Å². The van der Waals surface area contributed by atoms with Crippen LogP contribution in [0, 0.1) is 11.6 Å². The third kappa shape index (κ3) is 3.44. The van der Waals surface area contributed by atoms with Crippen LogP contribution in [-0.2, 0) is 10.0 Å². The molecule has 0 unspecified atom stereocenters. The Labute approximate surface area is 130 Å². The van der Waals surface area contributed by atoms with Crippen LogP contribution in [0.3, 0.4) is 0 Å². The van der Waals surface area contributed by atoms with Gasteiger partial charge >= 0.3 is 0 Å². The molecule has 0 aromatic heterocycles. The highest BCUT2D eigenvalue weighted by atomic mass is 79.9. The molecule has 118 valence electrons. The largest absolute Gasteiger partial charge is 0.395 e. The molecule has 0 spiro atoms. The summed E-state index contributed by atoms with van der Waals surface area (Å²) in [6.45, 7) is -0.452. The van der Waals surface area contributed by atoms with Gasteiger partial charge in [-0.3, -0.25) is 0 Å². The molecule has 21 heavy (non-hydrogen) atoms. The monoisotopic (exact) mass is 383 g/mol. The first kappa shape index (κ1) is 16.8. The van der Waals surface area contributed by atoms with Gasteiger partial charge in [-0.05, 0) is 34.8 Å². The second-order valence-electron chi connectivity index (χ2n) is 4.98. The number of hydrogen-bond acceptors (Lipinski definition) is 3. The van der Waals surface area contributed by atoms with Gasteiger partial charge in [0.1, 0.15) is 16.5 Å². The fourth-order valence-corrected chi connectivity index (χ4v) is 5.47. The number of aliphatic hydroxyl groups is 1. The van der Waals surface area contributed by atoms with Gasteiger partial charge in [0.25, 0.3) is 0 Å². The maximum absolute atomic E-state index is 14.0. The number of hydrogen-bond donors (Lipinski definition) is 1. The zero-order valence-corrected chi connectivity index (χ0v) is 13.6. The van der Waals surface area contributed by atoms with Crippen molar-refractivity contribution < 1.29 is 22.3 Å². The number of halogens is 3. The lowest BCUT2D eigenvalue weighted by atomic mass is 10.2. The van der Waals surface area contributed by atoms with Crippen molar-refractivity contribution in [2.75, 3.05) is 13.2 Å². The molecule has 2 rings (SSSR count).